The number of nitrogen functional groups attached to an aromatic ring is 1. The van der Waals surface area contributed by atoms with Crippen molar-refractivity contribution in [2.45, 2.75) is 13.1 Å². The van der Waals surface area contributed by atoms with Gasteiger partial charge in [-0.05, 0) is 61.0 Å². The number of rotatable bonds is 6. The van der Waals surface area contributed by atoms with E-state index < -0.39 is 29.6 Å². The number of hydrogen-bond acceptors (Lipinski definition) is 5. The number of nitrogens with two attached hydrogens (primary N) is 1. The Morgan fingerprint density at radius 2 is 1.67 bits per heavy atom. The zero-order chi connectivity index (χ0) is 26.6. The van der Waals surface area contributed by atoms with Gasteiger partial charge in [0.05, 0.1) is 29.2 Å². The van der Waals surface area contributed by atoms with E-state index in [9.17, 15) is 27.2 Å². The molecule has 0 unspecified atom stereocenters. The highest BCUT2D eigenvalue weighted by atomic mass is 19.4. The van der Waals surface area contributed by atoms with Crippen LogP contribution in [0, 0.1) is 5.82 Å². The number of halogens is 4. The van der Waals surface area contributed by atoms with Gasteiger partial charge in [-0.1, -0.05) is 12.1 Å². The van der Waals surface area contributed by atoms with Gasteiger partial charge < -0.3 is 15.8 Å². The lowest BCUT2D eigenvalue weighted by Gasteiger charge is -2.27. The number of ether oxygens (including phenoxy) is 1. The van der Waals surface area contributed by atoms with Gasteiger partial charge >= 0.3 is 12.3 Å². The highest BCUT2D eigenvalue weighted by Gasteiger charge is 2.31. The second kappa shape index (κ2) is 10.6. The molecule has 0 saturated carbocycles. The lowest BCUT2D eigenvalue weighted by Crippen LogP contribution is -2.42. The van der Waals surface area contributed by atoms with E-state index in [1.165, 1.54) is 40.3 Å². The van der Waals surface area contributed by atoms with Crippen molar-refractivity contribution in [3.05, 3.63) is 77.6 Å². The highest BCUT2D eigenvalue weighted by molar-refractivity contribution is 6.06. The number of hydrogen-bond donors (Lipinski definition) is 2. The van der Waals surface area contributed by atoms with Crippen molar-refractivity contribution in [1.29, 1.82) is 0 Å². The van der Waals surface area contributed by atoms with Gasteiger partial charge in [-0.3, -0.25) is 4.79 Å². The number of nitrogens with zero attached hydrogens (tertiary/aromatic N) is 2. The van der Waals surface area contributed by atoms with Crippen LogP contribution in [-0.2, 0) is 10.9 Å². The number of amides is 2. The van der Waals surface area contributed by atoms with Crippen LogP contribution in [0.2, 0.25) is 0 Å². The fraction of sp³-hybridized carbons (Fsp3) is 0.200. The zero-order valence-corrected chi connectivity index (χ0v) is 19.7. The molecule has 0 aliphatic rings. The quantitative estimate of drug-likeness (QED) is 0.252. The Labute approximate surface area is 205 Å². The Balaban J connectivity index is 1.83. The first-order valence-corrected chi connectivity index (χ1v) is 10.7. The van der Waals surface area contributed by atoms with Crippen LogP contribution in [0.4, 0.5) is 39.4 Å². The van der Waals surface area contributed by atoms with Gasteiger partial charge in [-0.25, -0.2) is 19.2 Å². The molecule has 36 heavy (non-hydrogen) atoms. The Bertz CT molecular complexity index is 1260. The zero-order valence-electron chi connectivity index (χ0n) is 19.7. The number of nitrogens with one attached hydrogen (secondary N) is 1. The molecular weight excluding hydrogens is 480 g/mol. The first-order valence-electron chi connectivity index (χ1n) is 10.7. The molecule has 3 aromatic carbocycles. The van der Waals surface area contributed by atoms with Crippen molar-refractivity contribution < 1.29 is 31.9 Å². The predicted octanol–water partition coefficient (Wildman–Crippen LogP) is 5.79. The molecule has 0 saturated heterocycles. The fourth-order valence-corrected chi connectivity index (χ4v) is 3.39. The molecule has 0 bridgehead atoms. The average molecular weight is 504 g/mol. The third kappa shape index (κ3) is 5.92. The van der Waals surface area contributed by atoms with Crippen LogP contribution in [0.15, 0.2) is 60.7 Å². The highest BCUT2D eigenvalue weighted by Crippen LogP contribution is 2.34. The summed E-state index contributed by atoms with van der Waals surface area (Å²) < 4.78 is 58.0. The van der Waals surface area contributed by atoms with E-state index >= 15 is 0 Å². The lowest BCUT2D eigenvalue weighted by molar-refractivity contribution is -0.137. The Morgan fingerprint density at radius 1 is 1.00 bits per heavy atom. The van der Waals surface area contributed by atoms with Crippen molar-refractivity contribution >= 4 is 29.1 Å². The molecule has 0 spiro atoms. The average Bonchev–Trinajstić information content (AvgIpc) is 2.80. The smallest absolute Gasteiger partial charge is 0.429 e. The normalized spacial score (nSPS) is 11.3. The van der Waals surface area contributed by atoms with Crippen LogP contribution in [-0.4, -0.2) is 37.7 Å². The summed E-state index contributed by atoms with van der Waals surface area (Å²) in [6.45, 7) is 1.88. The maximum atomic E-state index is 14.4. The van der Waals surface area contributed by atoms with E-state index in [0.717, 1.165) is 12.1 Å². The van der Waals surface area contributed by atoms with Gasteiger partial charge in [-0.2, -0.15) is 13.2 Å². The molecule has 3 rings (SSSR count). The van der Waals surface area contributed by atoms with E-state index in [1.807, 2.05) is 0 Å². The third-order valence-corrected chi connectivity index (χ3v) is 5.12. The van der Waals surface area contributed by atoms with Crippen molar-refractivity contribution in [3.8, 4) is 11.1 Å². The monoisotopic (exact) mass is 504 g/mol. The molecular formula is C25H24F4N4O3. The minimum atomic E-state index is -4.67. The van der Waals surface area contributed by atoms with Crippen LogP contribution in [0.1, 0.15) is 22.8 Å². The summed E-state index contributed by atoms with van der Waals surface area (Å²) in [5.74, 6) is -1.60. The van der Waals surface area contributed by atoms with Crippen molar-refractivity contribution in [2.24, 2.45) is 0 Å². The summed E-state index contributed by atoms with van der Waals surface area (Å²) in [5, 5.41) is 5.43. The number of anilines is 3. The molecule has 3 aromatic rings. The first-order chi connectivity index (χ1) is 16.9. The third-order valence-electron chi connectivity index (χ3n) is 5.12. The van der Waals surface area contributed by atoms with E-state index in [-0.39, 0.29) is 34.7 Å². The van der Waals surface area contributed by atoms with Gasteiger partial charge in [0.2, 0.25) is 0 Å². The molecule has 0 aliphatic carbocycles. The SMILES string of the molecule is CCOC(=O)N(c1ccc(C(=O)Nc2cc(-c3ccc(C(F)(F)F)cc3F)ccc2N)cc1)N(C)C. The summed E-state index contributed by atoms with van der Waals surface area (Å²) in [5.41, 5.74) is 6.04. The number of hydrazine groups is 1. The number of carbonyl (C=O) groups excluding carboxylic acids is 2. The van der Waals surface area contributed by atoms with E-state index in [0.29, 0.717) is 11.8 Å². The molecule has 3 N–H and O–H groups in total. The summed E-state index contributed by atoms with van der Waals surface area (Å²) in [6.07, 6.45) is -5.26. The van der Waals surface area contributed by atoms with Crippen LogP contribution >= 0.6 is 0 Å². The van der Waals surface area contributed by atoms with E-state index in [4.69, 9.17) is 10.5 Å². The van der Waals surface area contributed by atoms with Gasteiger partial charge in [0.1, 0.15) is 5.82 Å². The van der Waals surface area contributed by atoms with Crippen molar-refractivity contribution in [2.75, 3.05) is 36.8 Å². The lowest BCUT2D eigenvalue weighted by atomic mass is 10.0. The molecule has 0 radical (unpaired) electrons. The summed E-state index contributed by atoms with van der Waals surface area (Å²) in [7, 11) is 3.32. The first kappa shape index (κ1) is 26.5. The molecule has 0 atom stereocenters. The molecule has 190 valence electrons. The van der Waals surface area contributed by atoms with Gasteiger partial charge in [0.15, 0.2) is 0 Å². The Hall–Kier alpha value is -4.12. The van der Waals surface area contributed by atoms with Crippen molar-refractivity contribution in [3.63, 3.8) is 0 Å². The van der Waals surface area contributed by atoms with E-state index in [1.54, 1.807) is 33.2 Å². The standard InChI is InChI=1S/C25H24F4N4O3/c1-4-36-24(35)33(32(2)3)18-9-5-15(6-10-18)23(34)31-22-13-16(7-12-21(22)30)19-11-8-17(14-20(19)26)25(27,28)29/h5-14H,4,30H2,1-3H3,(H,31,34). The van der Waals surface area contributed by atoms with Gasteiger partial charge in [0.25, 0.3) is 5.91 Å². The predicted molar refractivity (Wildman–Crippen MR) is 129 cm³/mol. The number of alkyl halides is 3. The molecule has 11 heteroatoms. The second-order valence-corrected chi connectivity index (χ2v) is 7.85. The summed E-state index contributed by atoms with van der Waals surface area (Å²) in [6, 6.07) is 12.6. The maximum absolute atomic E-state index is 14.4. The second-order valence-electron chi connectivity index (χ2n) is 7.85. The Morgan fingerprint density at radius 3 is 2.22 bits per heavy atom. The minimum Gasteiger partial charge on any atom is -0.448 e. The molecule has 7 nitrogen and oxygen atoms in total. The van der Waals surface area contributed by atoms with E-state index in [2.05, 4.69) is 5.32 Å². The van der Waals surface area contributed by atoms with Crippen molar-refractivity contribution in [1.82, 2.24) is 5.01 Å². The van der Waals surface area contributed by atoms with Gasteiger partial charge in [-0.15, -0.1) is 0 Å². The minimum absolute atomic E-state index is 0.0782. The summed E-state index contributed by atoms with van der Waals surface area (Å²) >= 11 is 0. The number of benzene rings is 3. The van der Waals surface area contributed by atoms with Crippen LogP contribution in [0.3, 0.4) is 0 Å². The Kier molecular flexibility index (Phi) is 7.83. The van der Waals surface area contributed by atoms with Crippen LogP contribution in [0.5, 0.6) is 0 Å². The molecule has 0 aliphatic heterocycles. The topological polar surface area (TPSA) is 87.9 Å². The van der Waals surface area contributed by atoms with Gasteiger partial charge in [0, 0.05) is 25.2 Å². The molecule has 0 aromatic heterocycles. The number of carbonyl (C=O) groups is 2. The van der Waals surface area contributed by atoms with Crippen LogP contribution < -0.4 is 16.1 Å². The molecule has 2 amide bonds. The maximum Gasteiger partial charge on any atom is 0.429 e. The van der Waals surface area contributed by atoms with Crippen LogP contribution in [0.25, 0.3) is 11.1 Å². The summed E-state index contributed by atoms with van der Waals surface area (Å²) in [4.78, 5) is 25.0. The fourth-order valence-electron chi connectivity index (χ4n) is 3.39. The molecule has 0 heterocycles. The largest absolute Gasteiger partial charge is 0.448 e. The molecule has 0 fully saturated rings.